The van der Waals surface area contributed by atoms with Crippen molar-refractivity contribution in [3.8, 4) is 34.4 Å². The van der Waals surface area contributed by atoms with Crippen LogP contribution in [0.2, 0.25) is 0 Å². The molecule has 1 fully saturated rings. The predicted octanol–water partition coefficient (Wildman–Crippen LogP) is 3.68. The highest BCUT2D eigenvalue weighted by atomic mass is 15.3. The smallest absolute Gasteiger partial charge is 0.185 e. The lowest BCUT2D eigenvalue weighted by Crippen LogP contribution is -2.24. The van der Waals surface area contributed by atoms with E-state index in [1.165, 1.54) is 17.7 Å². The molecule has 1 N–H and O–H groups in total. The molecule has 2 aliphatic rings. The van der Waals surface area contributed by atoms with E-state index in [2.05, 4.69) is 66.1 Å². The zero-order valence-corrected chi connectivity index (χ0v) is 18.6. The van der Waals surface area contributed by atoms with Crippen LogP contribution in [0.4, 0.5) is 5.69 Å². The number of fused-ring (bicyclic) bond motifs is 5. The van der Waals surface area contributed by atoms with E-state index in [4.69, 9.17) is 5.26 Å². The maximum Gasteiger partial charge on any atom is 0.185 e. The van der Waals surface area contributed by atoms with Gasteiger partial charge in [-0.05, 0) is 73.5 Å². The van der Waals surface area contributed by atoms with Crippen molar-refractivity contribution in [2.45, 2.75) is 13.0 Å². The molecule has 2 aromatic heterocycles. The normalized spacial score (nSPS) is 16.6. The van der Waals surface area contributed by atoms with Crippen LogP contribution in [0.3, 0.4) is 0 Å². The van der Waals surface area contributed by atoms with E-state index in [-0.39, 0.29) is 0 Å². The van der Waals surface area contributed by atoms with Crippen LogP contribution in [-0.2, 0) is 6.54 Å². The Labute approximate surface area is 192 Å². The van der Waals surface area contributed by atoms with Crippen molar-refractivity contribution in [2.75, 3.05) is 31.6 Å². The number of hydrogen-bond donors (Lipinski definition) is 1. The first-order chi connectivity index (χ1) is 16.2. The summed E-state index contributed by atoms with van der Waals surface area (Å²) in [6.07, 6.45) is 5.20. The van der Waals surface area contributed by atoms with Gasteiger partial charge in [0.05, 0.1) is 23.0 Å². The zero-order chi connectivity index (χ0) is 22.4. The maximum atomic E-state index is 9.11. The topological polar surface area (TPSA) is 74.7 Å². The Morgan fingerprint density at radius 1 is 1.12 bits per heavy atom. The molecule has 2 aromatic carbocycles. The first-order valence-electron chi connectivity index (χ1n) is 11.4. The summed E-state index contributed by atoms with van der Waals surface area (Å²) in [5, 5.41) is 21.1. The third kappa shape index (κ3) is 3.40. The van der Waals surface area contributed by atoms with Crippen molar-refractivity contribution >= 4 is 5.69 Å². The SMILES string of the molecule is CNC[C@H]1CCN(c2ccc3c(c2)Cn2cc(-c4ccc(C#N)cc4)cc2-c2nncn2-3)C1. The second kappa shape index (κ2) is 7.91. The number of aromatic nitrogens is 4. The van der Waals surface area contributed by atoms with Crippen molar-refractivity contribution in [2.24, 2.45) is 5.92 Å². The Kier molecular flexibility index (Phi) is 4.74. The minimum absolute atomic E-state index is 0.666. The van der Waals surface area contributed by atoms with Gasteiger partial charge in [0.25, 0.3) is 0 Å². The van der Waals surface area contributed by atoms with Gasteiger partial charge >= 0.3 is 0 Å². The fourth-order valence-electron chi connectivity index (χ4n) is 5.15. The monoisotopic (exact) mass is 435 g/mol. The molecule has 1 atom stereocenters. The molecule has 0 amide bonds. The average molecular weight is 436 g/mol. The van der Waals surface area contributed by atoms with E-state index < -0.39 is 0 Å². The molecule has 164 valence electrons. The van der Waals surface area contributed by atoms with Crippen LogP contribution in [-0.4, -0.2) is 46.0 Å². The van der Waals surface area contributed by atoms with E-state index in [1.807, 2.05) is 31.3 Å². The molecule has 1 saturated heterocycles. The second-order valence-electron chi connectivity index (χ2n) is 8.93. The molecule has 0 radical (unpaired) electrons. The largest absolute Gasteiger partial charge is 0.371 e. The first kappa shape index (κ1) is 19.8. The molecule has 0 spiro atoms. The van der Waals surface area contributed by atoms with Gasteiger partial charge in [-0.25, -0.2) is 0 Å². The van der Waals surface area contributed by atoms with Gasteiger partial charge in [0, 0.05) is 37.1 Å². The number of nitrogens with one attached hydrogen (secondary N) is 1. The summed E-state index contributed by atoms with van der Waals surface area (Å²) in [6, 6.07) is 18.8. The molecular formula is C26H25N7. The summed E-state index contributed by atoms with van der Waals surface area (Å²) in [6.45, 7) is 4.03. The number of rotatable bonds is 4. The standard InChI is InChI=1S/C26H25N7/c1-28-13-19-8-9-31(14-19)23-6-7-24-22(10-23)16-32-15-21(20-4-2-18(12-27)3-5-20)11-25(32)26-30-29-17-33(24)26/h2-7,10-11,15,17,19,28H,8-9,13-14,16H2,1H3/t19-/m1/s1. The van der Waals surface area contributed by atoms with Crippen molar-refractivity contribution < 1.29 is 0 Å². The zero-order valence-electron chi connectivity index (χ0n) is 18.6. The number of nitrogens with zero attached hydrogens (tertiary/aromatic N) is 6. The van der Waals surface area contributed by atoms with Crippen LogP contribution in [0.1, 0.15) is 17.5 Å². The Morgan fingerprint density at radius 3 is 2.82 bits per heavy atom. The van der Waals surface area contributed by atoms with Gasteiger partial charge in [-0.3, -0.25) is 4.57 Å². The van der Waals surface area contributed by atoms with Gasteiger partial charge in [0.2, 0.25) is 0 Å². The highest BCUT2D eigenvalue weighted by molar-refractivity contribution is 5.72. The molecule has 7 heteroatoms. The van der Waals surface area contributed by atoms with Gasteiger partial charge in [0.15, 0.2) is 5.82 Å². The maximum absolute atomic E-state index is 9.11. The molecule has 7 nitrogen and oxygen atoms in total. The van der Waals surface area contributed by atoms with E-state index >= 15 is 0 Å². The van der Waals surface area contributed by atoms with E-state index in [0.717, 1.165) is 54.5 Å². The number of benzene rings is 2. The lowest BCUT2D eigenvalue weighted by Gasteiger charge is -2.21. The third-order valence-corrected chi connectivity index (χ3v) is 6.83. The average Bonchev–Trinajstić information content (AvgIpc) is 3.58. The summed E-state index contributed by atoms with van der Waals surface area (Å²) in [5.41, 5.74) is 7.57. The Morgan fingerprint density at radius 2 is 2.00 bits per heavy atom. The van der Waals surface area contributed by atoms with Crippen LogP contribution < -0.4 is 10.2 Å². The fraction of sp³-hybridized carbons (Fsp3) is 0.269. The van der Waals surface area contributed by atoms with Crippen molar-refractivity contribution in [1.82, 2.24) is 24.6 Å². The van der Waals surface area contributed by atoms with Crippen LogP contribution in [0.15, 0.2) is 61.1 Å². The van der Waals surface area contributed by atoms with Gasteiger partial charge in [-0.15, -0.1) is 10.2 Å². The highest BCUT2D eigenvalue weighted by Gasteiger charge is 2.25. The molecule has 33 heavy (non-hydrogen) atoms. The molecule has 0 bridgehead atoms. The van der Waals surface area contributed by atoms with Crippen molar-refractivity contribution in [1.29, 1.82) is 5.26 Å². The molecule has 4 aromatic rings. The Hall–Kier alpha value is -3.89. The van der Waals surface area contributed by atoms with Crippen LogP contribution in [0, 0.1) is 17.2 Å². The molecule has 0 saturated carbocycles. The number of hydrogen-bond acceptors (Lipinski definition) is 5. The molecule has 6 rings (SSSR count). The summed E-state index contributed by atoms with van der Waals surface area (Å²) >= 11 is 0. The van der Waals surface area contributed by atoms with Gasteiger partial charge < -0.3 is 14.8 Å². The summed E-state index contributed by atoms with van der Waals surface area (Å²) < 4.78 is 4.35. The van der Waals surface area contributed by atoms with Gasteiger partial charge in [0.1, 0.15) is 6.33 Å². The minimum Gasteiger partial charge on any atom is -0.371 e. The second-order valence-corrected chi connectivity index (χ2v) is 8.93. The van der Waals surface area contributed by atoms with Crippen LogP contribution in [0.25, 0.3) is 28.3 Å². The van der Waals surface area contributed by atoms with Crippen LogP contribution >= 0.6 is 0 Å². The third-order valence-electron chi connectivity index (χ3n) is 6.83. The quantitative estimate of drug-likeness (QED) is 0.466. The lowest BCUT2D eigenvalue weighted by molar-refractivity contribution is 0.549. The lowest BCUT2D eigenvalue weighted by atomic mass is 10.1. The Bertz CT molecular complexity index is 1360. The van der Waals surface area contributed by atoms with Crippen LogP contribution in [0.5, 0.6) is 0 Å². The molecule has 0 unspecified atom stereocenters. The van der Waals surface area contributed by atoms with E-state index in [9.17, 15) is 0 Å². The van der Waals surface area contributed by atoms with Crippen molar-refractivity contribution in [3.63, 3.8) is 0 Å². The van der Waals surface area contributed by atoms with Gasteiger partial charge in [-0.2, -0.15) is 5.26 Å². The van der Waals surface area contributed by atoms with E-state index in [0.29, 0.717) is 11.5 Å². The Balaban J connectivity index is 1.39. The first-order valence-corrected chi connectivity index (χ1v) is 11.4. The summed E-state index contributed by atoms with van der Waals surface area (Å²) in [5.74, 6) is 1.54. The number of nitriles is 1. The summed E-state index contributed by atoms with van der Waals surface area (Å²) in [7, 11) is 2.03. The number of anilines is 1. The summed E-state index contributed by atoms with van der Waals surface area (Å²) in [4.78, 5) is 2.50. The fourth-order valence-corrected chi connectivity index (χ4v) is 5.15. The van der Waals surface area contributed by atoms with Crippen molar-refractivity contribution in [3.05, 3.63) is 72.2 Å². The highest BCUT2D eigenvalue weighted by Crippen LogP contribution is 2.35. The molecule has 2 aliphatic heterocycles. The molecule has 4 heterocycles. The predicted molar refractivity (Wildman–Crippen MR) is 128 cm³/mol. The molecule has 0 aliphatic carbocycles. The minimum atomic E-state index is 0.666. The van der Waals surface area contributed by atoms with Gasteiger partial charge in [-0.1, -0.05) is 12.1 Å². The van der Waals surface area contributed by atoms with E-state index in [1.54, 1.807) is 6.33 Å². The molecular weight excluding hydrogens is 410 g/mol.